The van der Waals surface area contributed by atoms with E-state index < -0.39 is 6.10 Å². The first-order valence-corrected chi connectivity index (χ1v) is 8.89. The van der Waals surface area contributed by atoms with Crippen LogP contribution in [0, 0.1) is 0 Å². The third kappa shape index (κ3) is 3.09. The standard InChI is InChI=1S/C22H18N4O/c1-13(27)21-11-20-10-18-5-4-16(24-18)8-14-2-3-15(23-14)9-17-6-7-19(25-17)12-22(21)26-20/h2-13,23,26-27H,1H3. The van der Waals surface area contributed by atoms with Crippen molar-refractivity contribution >= 4 is 46.4 Å². The summed E-state index contributed by atoms with van der Waals surface area (Å²) in [6.45, 7) is 1.76. The summed E-state index contributed by atoms with van der Waals surface area (Å²) in [7, 11) is 0. The Morgan fingerprint density at radius 3 is 1.78 bits per heavy atom. The molecular weight excluding hydrogens is 336 g/mol. The average molecular weight is 354 g/mol. The zero-order valence-electron chi connectivity index (χ0n) is 14.8. The summed E-state index contributed by atoms with van der Waals surface area (Å²) >= 11 is 0. The number of nitrogens with one attached hydrogen (secondary N) is 2. The first kappa shape index (κ1) is 15.8. The normalized spacial score (nSPS) is 13.9. The Morgan fingerprint density at radius 1 is 0.704 bits per heavy atom. The predicted molar refractivity (Wildman–Crippen MR) is 109 cm³/mol. The molecule has 2 aliphatic heterocycles. The molecule has 27 heavy (non-hydrogen) atoms. The van der Waals surface area contributed by atoms with Gasteiger partial charge in [0.05, 0.1) is 28.9 Å². The van der Waals surface area contributed by atoms with E-state index in [0.29, 0.717) is 0 Å². The lowest BCUT2D eigenvalue weighted by atomic mass is 10.1. The maximum atomic E-state index is 10.2. The number of aromatic nitrogens is 4. The van der Waals surface area contributed by atoms with E-state index in [1.54, 1.807) is 6.92 Å². The number of aliphatic hydroxyl groups is 1. The van der Waals surface area contributed by atoms with Crippen LogP contribution in [-0.2, 0) is 0 Å². The van der Waals surface area contributed by atoms with Gasteiger partial charge in [0.1, 0.15) is 0 Å². The van der Waals surface area contributed by atoms with Crippen molar-refractivity contribution in [3.8, 4) is 0 Å². The molecule has 0 saturated heterocycles. The molecule has 3 N–H and O–H groups in total. The lowest BCUT2D eigenvalue weighted by Crippen LogP contribution is -1.88. The molecule has 0 amide bonds. The topological polar surface area (TPSA) is 77.6 Å². The zero-order valence-corrected chi connectivity index (χ0v) is 14.8. The van der Waals surface area contributed by atoms with Crippen LogP contribution in [0.2, 0.25) is 0 Å². The van der Waals surface area contributed by atoms with Gasteiger partial charge in [0.25, 0.3) is 0 Å². The Hall–Kier alpha value is -3.44. The van der Waals surface area contributed by atoms with Gasteiger partial charge in [0.2, 0.25) is 0 Å². The number of nitrogens with zero attached hydrogens (tertiary/aromatic N) is 2. The van der Waals surface area contributed by atoms with Crippen molar-refractivity contribution in [2.45, 2.75) is 13.0 Å². The molecule has 0 fully saturated rings. The molecule has 3 aromatic rings. The molecule has 5 nitrogen and oxygen atoms in total. The van der Waals surface area contributed by atoms with Crippen LogP contribution in [0.15, 0.2) is 42.5 Å². The highest BCUT2D eigenvalue weighted by Gasteiger charge is 2.08. The van der Waals surface area contributed by atoms with Gasteiger partial charge in [0, 0.05) is 27.6 Å². The summed E-state index contributed by atoms with van der Waals surface area (Å²) in [6, 6.07) is 14.0. The molecule has 3 aromatic heterocycles. The van der Waals surface area contributed by atoms with E-state index in [9.17, 15) is 5.11 Å². The molecule has 1 unspecified atom stereocenters. The molecule has 2 aliphatic rings. The van der Waals surface area contributed by atoms with Crippen molar-refractivity contribution in [1.82, 2.24) is 19.9 Å². The van der Waals surface area contributed by atoms with Crippen LogP contribution in [0.4, 0.5) is 0 Å². The molecule has 0 aliphatic carbocycles. The minimum Gasteiger partial charge on any atom is -0.389 e. The van der Waals surface area contributed by atoms with E-state index in [1.807, 2.05) is 66.8 Å². The summed E-state index contributed by atoms with van der Waals surface area (Å²) in [6.07, 6.45) is 7.35. The van der Waals surface area contributed by atoms with Crippen molar-refractivity contribution in [3.05, 3.63) is 70.8 Å². The van der Waals surface area contributed by atoms with Crippen LogP contribution in [0.3, 0.4) is 0 Å². The van der Waals surface area contributed by atoms with Crippen molar-refractivity contribution in [1.29, 1.82) is 0 Å². The summed E-state index contributed by atoms with van der Waals surface area (Å²) in [5.41, 5.74) is 8.06. The minimum atomic E-state index is -0.578. The van der Waals surface area contributed by atoms with Crippen LogP contribution < -0.4 is 0 Å². The number of fused-ring (bicyclic) bond motifs is 8. The molecule has 132 valence electrons. The molecule has 1 atom stereocenters. The van der Waals surface area contributed by atoms with Gasteiger partial charge in [-0.15, -0.1) is 0 Å². The number of aromatic amines is 2. The monoisotopic (exact) mass is 354 g/mol. The second-order valence-corrected chi connectivity index (χ2v) is 6.81. The third-order valence-electron chi connectivity index (χ3n) is 4.65. The van der Waals surface area contributed by atoms with E-state index in [2.05, 4.69) is 19.9 Å². The van der Waals surface area contributed by atoms with Crippen molar-refractivity contribution in [2.24, 2.45) is 0 Å². The quantitative estimate of drug-likeness (QED) is 0.408. The van der Waals surface area contributed by atoms with Gasteiger partial charge in [-0.2, -0.15) is 0 Å². The Balaban J connectivity index is 1.86. The van der Waals surface area contributed by atoms with E-state index in [0.717, 1.165) is 50.4 Å². The zero-order chi connectivity index (χ0) is 18.4. The van der Waals surface area contributed by atoms with Crippen LogP contribution in [-0.4, -0.2) is 25.0 Å². The van der Waals surface area contributed by atoms with E-state index in [4.69, 9.17) is 0 Å². The van der Waals surface area contributed by atoms with Gasteiger partial charge >= 0.3 is 0 Å². The second kappa shape index (κ2) is 6.07. The van der Waals surface area contributed by atoms with E-state index >= 15 is 0 Å². The highest BCUT2D eigenvalue weighted by atomic mass is 16.3. The van der Waals surface area contributed by atoms with Gasteiger partial charge < -0.3 is 15.1 Å². The lowest BCUT2D eigenvalue weighted by Gasteiger charge is -1.99. The molecule has 5 rings (SSSR count). The van der Waals surface area contributed by atoms with Crippen molar-refractivity contribution in [2.75, 3.05) is 0 Å². The highest BCUT2D eigenvalue weighted by Crippen LogP contribution is 2.23. The lowest BCUT2D eigenvalue weighted by molar-refractivity contribution is 0.201. The molecule has 0 aromatic carbocycles. The summed E-state index contributed by atoms with van der Waals surface area (Å²) in [4.78, 5) is 16.0. The molecular formula is C22H18N4O. The number of H-pyrrole nitrogens is 2. The largest absolute Gasteiger partial charge is 0.389 e. The van der Waals surface area contributed by atoms with Gasteiger partial charge in [-0.3, -0.25) is 0 Å². The third-order valence-corrected chi connectivity index (χ3v) is 4.65. The molecule has 0 saturated carbocycles. The molecule has 5 heteroatoms. The summed E-state index contributed by atoms with van der Waals surface area (Å²) in [5.74, 6) is 0. The number of rotatable bonds is 1. The fraction of sp³-hybridized carbons (Fsp3) is 0.0909. The summed E-state index contributed by atoms with van der Waals surface area (Å²) in [5, 5.41) is 10.2. The number of hydrogen-bond donors (Lipinski definition) is 3. The maximum absolute atomic E-state index is 10.2. The molecule has 0 radical (unpaired) electrons. The van der Waals surface area contributed by atoms with E-state index in [1.165, 1.54) is 0 Å². The van der Waals surface area contributed by atoms with Crippen LogP contribution >= 0.6 is 0 Å². The first-order chi connectivity index (χ1) is 13.1. The summed E-state index contributed by atoms with van der Waals surface area (Å²) < 4.78 is 0. The second-order valence-electron chi connectivity index (χ2n) is 6.81. The van der Waals surface area contributed by atoms with Gasteiger partial charge in [0.15, 0.2) is 0 Å². The van der Waals surface area contributed by atoms with Crippen LogP contribution in [0.25, 0.3) is 46.4 Å². The smallest absolute Gasteiger partial charge is 0.0782 e. The van der Waals surface area contributed by atoms with Crippen LogP contribution in [0.1, 0.15) is 41.4 Å². The van der Waals surface area contributed by atoms with Crippen LogP contribution in [0.5, 0.6) is 0 Å². The molecule has 5 heterocycles. The van der Waals surface area contributed by atoms with Gasteiger partial charge in [-0.25, -0.2) is 9.97 Å². The average Bonchev–Trinajstić information content (AvgIpc) is 3.38. The Labute approximate surface area is 155 Å². The number of aliphatic hydroxyl groups excluding tert-OH is 1. The Kier molecular flexibility index (Phi) is 3.55. The Bertz CT molecular complexity index is 1260. The maximum Gasteiger partial charge on any atom is 0.0782 e. The van der Waals surface area contributed by atoms with Gasteiger partial charge in [-0.05, 0) is 73.7 Å². The fourth-order valence-corrected chi connectivity index (χ4v) is 3.39. The molecule has 0 spiro atoms. The Morgan fingerprint density at radius 2 is 1.22 bits per heavy atom. The first-order valence-electron chi connectivity index (χ1n) is 8.89. The fourth-order valence-electron chi connectivity index (χ4n) is 3.39. The van der Waals surface area contributed by atoms with Crippen molar-refractivity contribution < 1.29 is 5.11 Å². The molecule has 8 bridgehead atoms. The predicted octanol–water partition coefficient (Wildman–Crippen LogP) is 4.71. The minimum absolute atomic E-state index is 0.578. The number of hydrogen-bond acceptors (Lipinski definition) is 3. The highest BCUT2D eigenvalue weighted by molar-refractivity contribution is 5.78. The SMILES string of the molecule is CC(O)c1cc2cc3nc(cc4ccc(cc5nc(cc1[nH]2)C=C5)[nH]4)C=C3. The van der Waals surface area contributed by atoms with E-state index in [-0.39, 0.29) is 0 Å². The van der Waals surface area contributed by atoms with Gasteiger partial charge in [-0.1, -0.05) is 0 Å². The van der Waals surface area contributed by atoms with Crippen molar-refractivity contribution in [3.63, 3.8) is 0 Å².